The highest BCUT2D eigenvalue weighted by Gasteiger charge is 2.36. The van der Waals surface area contributed by atoms with Crippen LogP contribution < -0.4 is 15.8 Å². The van der Waals surface area contributed by atoms with Gasteiger partial charge >= 0.3 is 5.97 Å². The van der Waals surface area contributed by atoms with Gasteiger partial charge in [-0.15, -0.1) is 17.0 Å². The number of hydrogen-bond acceptors (Lipinski definition) is 8. The number of hydrogen-bond donors (Lipinski definition) is 3. The number of non-ortho nitro benzene ring substituents is 1. The molecule has 0 radical (unpaired) electrons. The van der Waals surface area contributed by atoms with Gasteiger partial charge in [-0.3, -0.25) is 19.7 Å². The summed E-state index contributed by atoms with van der Waals surface area (Å²) in [6.07, 6.45) is 1.03. The molecule has 1 aromatic rings. The number of nitrogens with one attached hydrogen (secondary N) is 1. The standard InChI is InChI=1S/C16H20N4O7.BrH/c17-12(9-21)16(24)19-7-1-2-13(19)15(23)18-8-14(22)27-11-5-3-10(4-6-11)20(25)26;/h3-6,12-13,21H,1-2,7-9,17H2,(H,18,23);1H/t12-,13-;/m0./s1. The molecule has 1 saturated heterocycles. The number of benzene rings is 1. The number of esters is 1. The van der Waals surface area contributed by atoms with Crippen LogP contribution in [0.5, 0.6) is 5.75 Å². The summed E-state index contributed by atoms with van der Waals surface area (Å²) in [4.78, 5) is 47.4. The summed E-state index contributed by atoms with van der Waals surface area (Å²) in [6, 6.07) is 3.06. The van der Waals surface area contributed by atoms with Gasteiger partial charge in [-0.25, -0.2) is 4.79 Å². The maximum atomic E-state index is 12.3. The Morgan fingerprint density at radius 2 is 2.00 bits per heavy atom. The molecular formula is C16H21BrN4O7. The zero-order chi connectivity index (χ0) is 20.0. The fourth-order valence-electron chi connectivity index (χ4n) is 2.67. The Morgan fingerprint density at radius 3 is 2.57 bits per heavy atom. The number of nitrogens with two attached hydrogens (primary N) is 1. The Bertz CT molecular complexity index is 728. The van der Waals surface area contributed by atoms with Crippen LogP contribution in [0.4, 0.5) is 5.69 Å². The summed E-state index contributed by atoms with van der Waals surface area (Å²) in [5.41, 5.74) is 5.36. The molecule has 154 valence electrons. The SMILES string of the molecule is Br.N[C@@H](CO)C(=O)N1CCC[C@H]1C(=O)NCC(=O)Oc1ccc([N+](=O)[O-])cc1. The van der Waals surface area contributed by atoms with Crippen LogP contribution in [0.2, 0.25) is 0 Å². The molecular weight excluding hydrogens is 440 g/mol. The van der Waals surface area contributed by atoms with Crippen LogP contribution in [0.25, 0.3) is 0 Å². The fourth-order valence-corrected chi connectivity index (χ4v) is 2.67. The Labute approximate surface area is 170 Å². The van der Waals surface area contributed by atoms with Crippen molar-refractivity contribution in [2.45, 2.75) is 24.9 Å². The molecule has 0 bridgehead atoms. The smallest absolute Gasteiger partial charge is 0.330 e. The highest BCUT2D eigenvalue weighted by molar-refractivity contribution is 8.93. The zero-order valence-electron chi connectivity index (χ0n) is 14.8. The van der Waals surface area contributed by atoms with Crippen LogP contribution in [0.15, 0.2) is 24.3 Å². The minimum Gasteiger partial charge on any atom is -0.425 e. The van der Waals surface area contributed by atoms with E-state index in [1.54, 1.807) is 0 Å². The van der Waals surface area contributed by atoms with Gasteiger partial charge in [-0.1, -0.05) is 0 Å². The number of aliphatic hydroxyl groups excluding tert-OH is 1. The van der Waals surface area contributed by atoms with E-state index in [0.29, 0.717) is 19.4 Å². The van der Waals surface area contributed by atoms with Crippen LogP contribution >= 0.6 is 17.0 Å². The minimum absolute atomic E-state index is 0. The molecule has 0 aromatic heterocycles. The molecule has 0 aliphatic carbocycles. The molecule has 4 N–H and O–H groups in total. The van der Waals surface area contributed by atoms with Crippen molar-refractivity contribution in [3.05, 3.63) is 34.4 Å². The number of ether oxygens (including phenoxy) is 1. The molecule has 1 aliphatic heterocycles. The van der Waals surface area contributed by atoms with Gasteiger partial charge in [0.15, 0.2) is 0 Å². The number of carbonyl (C=O) groups is 3. The molecule has 0 saturated carbocycles. The van der Waals surface area contributed by atoms with Crippen molar-refractivity contribution < 1.29 is 29.2 Å². The molecule has 2 amide bonds. The summed E-state index contributed by atoms with van der Waals surface area (Å²) in [5, 5.41) is 22.0. The first kappa shape index (κ1) is 23.5. The van der Waals surface area contributed by atoms with E-state index < -0.39 is 47.9 Å². The number of rotatable bonds is 7. The molecule has 0 spiro atoms. The predicted molar refractivity (Wildman–Crippen MR) is 102 cm³/mol. The number of nitro groups is 1. The van der Waals surface area contributed by atoms with Gasteiger partial charge < -0.3 is 25.8 Å². The Morgan fingerprint density at radius 1 is 1.36 bits per heavy atom. The van der Waals surface area contributed by atoms with Crippen molar-refractivity contribution in [3.8, 4) is 5.75 Å². The average Bonchev–Trinajstić information content (AvgIpc) is 3.15. The van der Waals surface area contributed by atoms with E-state index in [1.807, 2.05) is 0 Å². The van der Waals surface area contributed by atoms with E-state index in [9.17, 15) is 24.5 Å². The van der Waals surface area contributed by atoms with E-state index in [1.165, 1.54) is 29.2 Å². The summed E-state index contributed by atoms with van der Waals surface area (Å²) in [5.74, 6) is -1.71. The number of nitro benzene ring substituents is 1. The third-order valence-corrected chi connectivity index (χ3v) is 4.04. The third-order valence-electron chi connectivity index (χ3n) is 4.04. The predicted octanol–water partition coefficient (Wildman–Crippen LogP) is -0.495. The highest BCUT2D eigenvalue weighted by Crippen LogP contribution is 2.19. The number of likely N-dealkylation sites (tertiary alicyclic amines) is 1. The van der Waals surface area contributed by atoms with Crippen LogP contribution in [0, 0.1) is 10.1 Å². The third kappa shape index (κ3) is 5.97. The first-order chi connectivity index (χ1) is 12.8. The second-order valence-corrected chi connectivity index (χ2v) is 5.92. The Kier molecular flexibility index (Phi) is 8.96. The normalized spacial score (nSPS) is 16.6. The topological polar surface area (TPSA) is 165 Å². The Balaban J connectivity index is 0.00000392. The van der Waals surface area contributed by atoms with E-state index in [4.69, 9.17) is 15.6 Å². The van der Waals surface area contributed by atoms with Crippen molar-refractivity contribution in [2.75, 3.05) is 19.7 Å². The minimum atomic E-state index is -1.09. The van der Waals surface area contributed by atoms with E-state index in [-0.39, 0.29) is 28.4 Å². The highest BCUT2D eigenvalue weighted by atomic mass is 79.9. The van der Waals surface area contributed by atoms with Gasteiger partial charge in [-0.05, 0) is 25.0 Å². The summed E-state index contributed by atoms with van der Waals surface area (Å²) in [7, 11) is 0. The lowest BCUT2D eigenvalue weighted by atomic mass is 10.2. The number of aliphatic hydroxyl groups is 1. The van der Waals surface area contributed by atoms with E-state index >= 15 is 0 Å². The molecule has 1 fully saturated rings. The monoisotopic (exact) mass is 460 g/mol. The van der Waals surface area contributed by atoms with Crippen LogP contribution in [0.3, 0.4) is 0 Å². The van der Waals surface area contributed by atoms with Crippen LogP contribution in [-0.4, -0.2) is 64.5 Å². The number of halogens is 1. The second-order valence-electron chi connectivity index (χ2n) is 5.92. The molecule has 2 atom stereocenters. The lowest BCUT2D eigenvalue weighted by Gasteiger charge is -2.25. The number of amides is 2. The molecule has 28 heavy (non-hydrogen) atoms. The van der Waals surface area contributed by atoms with Gasteiger partial charge in [0.05, 0.1) is 11.5 Å². The lowest BCUT2D eigenvalue weighted by Crippen LogP contribution is -2.52. The van der Waals surface area contributed by atoms with Crippen molar-refractivity contribution in [1.82, 2.24) is 10.2 Å². The maximum absolute atomic E-state index is 12.3. The molecule has 12 heteroatoms. The maximum Gasteiger partial charge on any atom is 0.330 e. The number of carbonyl (C=O) groups excluding carboxylic acids is 3. The van der Waals surface area contributed by atoms with Crippen LogP contribution in [-0.2, 0) is 14.4 Å². The van der Waals surface area contributed by atoms with Gasteiger partial charge in [0.2, 0.25) is 11.8 Å². The first-order valence-electron chi connectivity index (χ1n) is 8.23. The molecule has 1 heterocycles. The van der Waals surface area contributed by atoms with Crippen molar-refractivity contribution in [3.63, 3.8) is 0 Å². The summed E-state index contributed by atoms with van der Waals surface area (Å²) < 4.78 is 4.98. The first-order valence-corrected chi connectivity index (χ1v) is 8.23. The van der Waals surface area contributed by atoms with Crippen molar-refractivity contribution in [1.29, 1.82) is 0 Å². The average molecular weight is 461 g/mol. The quantitative estimate of drug-likeness (QED) is 0.212. The summed E-state index contributed by atoms with van der Waals surface area (Å²) in [6.45, 7) is -0.608. The van der Waals surface area contributed by atoms with Gasteiger partial charge in [-0.2, -0.15) is 0 Å². The van der Waals surface area contributed by atoms with Crippen molar-refractivity contribution >= 4 is 40.5 Å². The molecule has 2 rings (SSSR count). The van der Waals surface area contributed by atoms with E-state index in [0.717, 1.165) is 0 Å². The largest absolute Gasteiger partial charge is 0.425 e. The molecule has 1 aromatic carbocycles. The second kappa shape index (κ2) is 10.7. The Hall–Kier alpha value is -2.57. The fraction of sp³-hybridized carbons (Fsp3) is 0.438. The van der Waals surface area contributed by atoms with Gasteiger partial charge in [0, 0.05) is 18.7 Å². The van der Waals surface area contributed by atoms with E-state index in [2.05, 4.69) is 5.32 Å². The molecule has 11 nitrogen and oxygen atoms in total. The lowest BCUT2D eigenvalue weighted by molar-refractivity contribution is -0.384. The zero-order valence-corrected chi connectivity index (χ0v) is 16.5. The molecule has 0 unspecified atom stereocenters. The van der Waals surface area contributed by atoms with Crippen LogP contribution in [0.1, 0.15) is 12.8 Å². The van der Waals surface area contributed by atoms with Crippen molar-refractivity contribution in [2.24, 2.45) is 5.73 Å². The van der Waals surface area contributed by atoms with Gasteiger partial charge in [0.25, 0.3) is 5.69 Å². The summed E-state index contributed by atoms with van der Waals surface area (Å²) >= 11 is 0. The molecule has 1 aliphatic rings. The number of nitrogens with zero attached hydrogens (tertiary/aromatic N) is 2. The van der Waals surface area contributed by atoms with Gasteiger partial charge in [0.1, 0.15) is 24.4 Å².